The van der Waals surface area contributed by atoms with Crippen molar-refractivity contribution in [3.05, 3.63) is 41.0 Å². The first-order valence-electron chi connectivity index (χ1n) is 8.78. The van der Waals surface area contributed by atoms with E-state index in [4.69, 9.17) is 9.47 Å². The highest BCUT2D eigenvalue weighted by Gasteiger charge is 2.35. The van der Waals surface area contributed by atoms with E-state index in [9.17, 15) is 9.50 Å². The topological polar surface area (TPSA) is 82.4 Å². The summed E-state index contributed by atoms with van der Waals surface area (Å²) in [5, 5.41) is 15.9. The van der Waals surface area contributed by atoms with Gasteiger partial charge in [0.25, 0.3) is 0 Å². The third kappa shape index (κ3) is 3.22. The summed E-state index contributed by atoms with van der Waals surface area (Å²) in [6.45, 7) is 6.15. The molecular weight excluding hydrogens is 351 g/mol. The lowest BCUT2D eigenvalue weighted by Gasteiger charge is -2.21. The van der Waals surface area contributed by atoms with Crippen LogP contribution < -0.4 is 4.74 Å². The van der Waals surface area contributed by atoms with Gasteiger partial charge in [-0.25, -0.2) is 4.39 Å². The molecule has 7 nitrogen and oxygen atoms in total. The highest BCUT2D eigenvalue weighted by atomic mass is 19.1. The number of aryl methyl sites for hydroxylation is 1. The van der Waals surface area contributed by atoms with Crippen molar-refractivity contribution in [2.45, 2.75) is 33.0 Å². The van der Waals surface area contributed by atoms with Crippen molar-refractivity contribution in [2.24, 2.45) is 10.1 Å². The number of hydrogen-bond donors (Lipinski definition) is 2. The number of aliphatic imine (C=N–C) groups is 1. The average Bonchev–Trinajstić information content (AvgIpc) is 3.16. The number of benzene rings is 1. The van der Waals surface area contributed by atoms with Gasteiger partial charge < -0.3 is 19.6 Å². The first-order valence-corrected chi connectivity index (χ1v) is 8.78. The molecule has 0 aliphatic carbocycles. The molecule has 3 heterocycles. The Bertz CT molecular complexity index is 977. The van der Waals surface area contributed by atoms with Crippen molar-refractivity contribution >= 4 is 23.1 Å². The van der Waals surface area contributed by atoms with Gasteiger partial charge in [0, 0.05) is 16.6 Å². The summed E-state index contributed by atoms with van der Waals surface area (Å²) in [6.07, 6.45) is 0.581. The van der Waals surface area contributed by atoms with E-state index in [0.717, 1.165) is 11.3 Å². The fourth-order valence-corrected chi connectivity index (χ4v) is 3.31. The van der Waals surface area contributed by atoms with Gasteiger partial charge in [0.2, 0.25) is 5.90 Å². The van der Waals surface area contributed by atoms with Crippen molar-refractivity contribution in [2.75, 3.05) is 13.2 Å². The molecule has 2 aromatic rings. The van der Waals surface area contributed by atoms with Crippen LogP contribution in [0.15, 0.2) is 39.6 Å². The normalized spacial score (nSPS) is 20.3. The quantitative estimate of drug-likeness (QED) is 0.865. The predicted octanol–water partition coefficient (Wildman–Crippen LogP) is 2.71. The maximum absolute atomic E-state index is 14.8. The number of hydrazone groups is 1. The molecule has 0 radical (unpaired) electrons. The molecule has 2 atom stereocenters. The van der Waals surface area contributed by atoms with Crippen LogP contribution in [-0.2, 0) is 4.74 Å². The number of H-pyrrole nitrogens is 1. The minimum atomic E-state index is -0.557. The summed E-state index contributed by atoms with van der Waals surface area (Å²) < 4.78 is 26.4. The van der Waals surface area contributed by atoms with E-state index in [2.05, 4.69) is 15.1 Å². The summed E-state index contributed by atoms with van der Waals surface area (Å²) in [5.41, 5.74) is 3.14. The average molecular weight is 372 g/mol. The monoisotopic (exact) mass is 372 g/mol. The second-order valence-corrected chi connectivity index (χ2v) is 6.84. The molecule has 8 heteroatoms. The van der Waals surface area contributed by atoms with E-state index in [1.807, 2.05) is 13.8 Å². The highest BCUT2D eigenvalue weighted by molar-refractivity contribution is 6.01. The third-order valence-corrected chi connectivity index (χ3v) is 4.60. The Balaban J connectivity index is 1.63. The van der Waals surface area contributed by atoms with Crippen LogP contribution in [0.1, 0.15) is 19.5 Å². The number of halogens is 1. The zero-order chi connectivity index (χ0) is 19.1. The van der Waals surface area contributed by atoms with Gasteiger partial charge in [0.05, 0.1) is 19.3 Å². The highest BCUT2D eigenvalue weighted by Crippen LogP contribution is 2.32. The van der Waals surface area contributed by atoms with Gasteiger partial charge >= 0.3 is 0 Å². The molecular formula is C19H21FN4O3. The Morgan fingerprint density at radius 3 is 3.00 bits per heavy atom. The van der Waals surface area contributed by atoms with E-state index in [-0.39, 0.29) is 24.4 Å². The van der Waals surface area contributed by atoms with Crippen LogP contribution in [0, 0.1) is 12.7 Å². The number of nitrogens with one attached hydrogen (secondary N) is 1. The summed E-state index contributed by atoms with van der Waals surface area (Å²) >= 11 is 0. The van der Waals surface area contributed by atoms with Gasteiger partial charge in [0.15, 0.2) is 11.6 Å². The Labute approximate surface area is 155 Å². The third-order valence-electron chi connectivity index (χ3n) is 4.60. The van der Waals surface area contributed by atoms with Crippen LogP contribution in [0.5, 0.6) is 5.75 Å². The molecule has 142 valence electrons. The zero-order valence-electron chi connectivity index (χ0n) is 15.4. The molecule has 2 N–H and O–H groups in total. The van der Waals surface area contributed by atoms with Crippen LogP contribution in [0.3, 0.4) is 0 Å². The molecule has 2 aliphatic rings. The second kappa shape index (κ2) is 6.79. The lowest BCUT2D eigenvalue weighted by molar-refractivity contribution is 0.0109. The number of aromatic nitrogens is 1. The first kappa shape index (κ1) is 17.7. The molecule has 1 aromatic carbocycles. The fourth-order valence-electron chi connectivity index (χ4n) is 3.31. The number of ether oxygens (including phenoxy) is 2. The van der Waals surface area contributed by atoms with Gasteiger partial charge in [0.1, 0.15) is 18.1 Å². The Morgan fingerprint density at radius 2 is 2.22 bits per heavy atom. The summed E-state index contributed by atoms with van der Waals surface area (Å²) in [4.78, 5) is 7.30. The summed E-state index contributed by atoms with van der Waals surface area (Å²) in [7, 11) is 0. The van der Waals surface area contributed by atoms with Crippen molar-refractivity contribution in [1.29, 1.82) is 0 Å². The van der Waals surface area contributed by atoms with Crippen LogP contribution >= 0.6 is 0 Å². The molecule has 0 spiro atoms. The van der Waals surface area contributed by atoms with Crippen LogP contribution in [-0.4, -0.2) is 52.7 Å². The lowest BCUT2D eigenvalue weighted by atomic mass is 10.1. The summed E-state index contributed by atoms with van der Waals surface area (Å²) in [5.74, 6) is -0.0629. The number of rotatable bonds is 4. The standard InChI is InChI=1S/C19H21FN4O3/c1-10-6-13-14(23-10)4-5-15(17(13)20)27-19-18-12(3)16(26-8-11(2)25)7-24(18)22-9-21-19/h4-6,9,11,16,23,25H,7-8H2,1-3H3/t11-,16?/m1/s1. The molecule has 0 saturated heterocycles. The Morgan fingerprint density at radius 1 is 1.41 bits per heavy atom. The van der Waals surface area contributed by atoms with E-state index in [1.54, 1.807) is 30.1 Å². The molecule has 0 saturated carbocycles. The van der Waals surface area contributed by atoms with E-state index >= 15 is 0 Å². The molecule has 1 aromatic heterocycles. The van der Waals surface area contributed by atoms with Gasteiger partial charge in [-0.2, -0.15) is 10.1 Å². The summed E-state index contributed by atoms with van der Waals surface area (Å²) in [6, 6.07) is 5.10. The lowest BCUT2D eigenvalue weighted by Crippen LogP contribution is -2.29. The molecule has 2 aliphatic heterocycles. The minimum Gasteiger partial charge on any atom is -0.434 e. The number of aliphatic hydroxyl groups excluding tert-OH is 1. The van der Waals surface area contributed by atoms with Gasteiger partial charge in [-0.05, 0) is 44.5 Å². The number of aromatic amines is 1. The minimum absolute atomic E-state index is 0.101. The maximum atomic E-state index is 14.8. The largest absolute Gasteiger partial charge is 0.434 e. The first-order chi connectivity index (χ1) is 12.9. The van der Waals surface area contributed by atoms with Crippen molar-refractivity contribution in [3.63, 3.8) is 0 Å². The predicted molar refractivity (Wildman–Crippen MR) is 100 cm³/mol. The number of fused-ring (bicyclic) bond motifs is 2. The van der Waals surface area contributed by atoms with Crippen LogP contribution in [0.4, 0.5) is 4.39 Å². The van der Waals surface area contributed by atoms with E-state index < -0.39 is 11.9 Å². The molecule has 27 heavy (non-hydrogen) atoms. The van der Waals surface area contributed by atoms with Crippen LogP contribution in [0.2, 0.25) is 0 Å². The van der Waals surface area contributed by atoms with E-state index in [0.29, 0.717) is 23.1 Å². The number of nitrogens with zero attached hydrogens (tertiary/aromatic N) is 3. The van der Waals surface area contributed by atoms with Crippen molar-refractivity contribution < 1.29 is 19.0 Å². The van der Waals surface area contributed by atoms with Gasteiger partial charge in [-0.15, -0.1) is 0 Å². The molecule has 1 unspecified atom stereocenters. The van der Waals surface area contributed by atoms with Gasteiger partial charge in [-0.3, -0.25) is 5.01 Å². The SMILES string of the molecule is CC1=C2C(Oc3ccc4[nH]c(C)cc4c3F)=NC=NN2CC1OC[C@@H](C)O. The van der Waals surface area contributed by atoms with Crippen molar-refractivity contribution in [3.8, 4) is 5.75 Å². The molecule has 0 fully saturated rings. The smallest absolute Gasteiger partial charge is 0.246 e. The van der Waals surface area contributed by atoms with Crippen LogP contribution in [0.25, 0.3) is 10.9 Å². The molecule has 4 rings (SSSR count). The second-order valence-electron chi connectivity index (χ2n) is 6.84. The zero-order valence-corrected chi connectivity index (χ0v) is 15.4. The molecule has 0 amide bonds. The number of aliphatic hydroxyl groups is 1. The maximum Gasteiger partial charge on any atom is 0.246 e. The Kier molecular flexibility index (Phi) is 4.45. The number of hydrogen-bond acceptors (Lipinski definition) is 6. The van der Waals surface area contributed by atoms with Gasteiger partial charge in [-0.1, -0.05) is 0 Å². The molecule has 0 bridgehead atoms. The van der Waals surface area contributed by atoms with Crippen molar-refractivity contribution in [1.82, 2.24) is 9.99 Å². The fraction of sp³-hybridized carbons (Fsp3) is 0.368. The Hall–Kier alpha value is -2.71. The van der Waals surface area contributed by atoms with E-state index in [1.165, 1.54) is 6.34 Å².